The average Bonchev–Trinajstić information content (AvgIpc) is 3.29. The fourth-order valence-corrected chi connectivity index (χ4v) is 5.08. The molecule has 152 valence electrons. The van der Waals surface area contributed by atoms with Crippen LogP contribution < -0.4 is 10.2 Å². The van der Waals surface area contributed by atoms with Crippen LogP contribution in [0.15, 0.2) is 73.1 Å². The molecule has 4 nitrogen and oxygen atoms in total. The Bertz CT molecular complexity index is 1050. The molecule has 0 spiro atoms. The third kappa shape index (κ3) is 3.26. The van der Waals surface area contributed by atoms with Crippen LogP contribution in [0.5, 0.6) is 0 Å². The van der Waals surface area contributed by atoms with Gasteiger partial charge in [0, 0.05) is 43.6 Å². The molecule has 2 atom stereocenters. The van der Waals surface area contributed by atoms with Crippen molar-refractivity contribution in [3.05, 3.63) is 95.3 Å². The average molecular weight is 398 g/mol. The SMILES string of the molecule is CC1CN(Cc2ccccc2)c2cc(C3(Cc4ccncc4)CCNC3=O)ccc21. The van der Waals surface area contributed by atoms with Crippen molar-refractivity contribution < 1.29 is 4.79 Å². The number of hydrogen-bond donors (Lipinski definition) is 1. The summed E-state index contributed by atoms with van der Waals surface area (Å²) in [5.41, 5.74) is 5.73. The zero-order chi connectivity index (χ0) is 20.6. The first-order chi connectivity index (χ1) is 14.7. The number of hydrogen-bond acceptors (Lipinski definition) is 3. The van der Waals surface area contributed by atoms with Crippen molar-refractivity contribution in [2.24, 2.45) is 0 Å². The molecule has 0 aliphatic carbocycles. The summed E-state index contributed by atoms with van der Waals surface area (Å²) in [6.07, 6.45) is 5.14. The molecule has 2 aromatic carbocycles. The van der Waals surface area contributed by atoms with Gasteiger partial charge < -0.3 is 10.2 Å². The molecule has 1 aromatic heterocycles. The van der Waals surface area contributed by atoms with E-state index >= 15 is 0 Å². The minimum atomic E-state index is -0.513. The number of nitrogens with zero attached hydrogens (tertiary/aromatic N) is 2. The van der Waals surface area contributed by atoms with Crippen molar-refractivity contribution in [3.8, 4) is 0 Å². The number of pyridine rings is 1. The number of carbonyl (C=O) groups is 1. The largest absolute Gasteiger partial charge is 0.366 e. The van der Waals surface area contributed by atoms with Crippen LogP contribution in [0.3, 0.4) is 0 Å². The molecule has 0 bridgehead atoms. The quantitative estimate of drug-likeness (QED) is 0.702. The van der Waals surface area contributed by atoms with Crippen LogP contribution in [0, 0.1) is 0 Å². The first-order valence-corrected chi connectivity index (χ1v) is 10.8. The van der Waals surface area contributed by atoms with E-state index in [0.29, 0.717) is 12.3 Å². The van der Waals surface area contributed by atoms with Crippen LogP contribution in [0.2, 0.25) is 0 Å². The molecular formula is C26H27N3O. The van der Waals surface area contributed by atoms with Gasteiger partial charge in [-0.3, -0.25) is 9.78 Å². The van der Waals surface area contributed by atoms with E-state index in [1.54, 1.807) is 0 Å². The summed E-state index contributed by atoms with van der Waals surface area (Å²) in [6.45, 7) is 4.92. The van der Waals surface area contributed by atoms with Crippen LogP contribution in [0.1, 0.15) is 41.5 Å². The molecular weight excluding hydrogens is 370 g/mol. The van der Waals surface area contributed by atoms with E-state index in [-0.39, 0.29) is 5.91 Å². The standard InChI is InChI=1S/C26H27N3O/c1-19-17-29(18-21-5-3-2-4-6-21)24-15-22(7-8-23(19)24)26(11-14-28-25(26)30)16-20-9-12-27-13-10-20/h2-10,12-13,15,19H,11,14,16-18H2,1H3,(H,28,30). The maximum absolute atomic E-state index is 13.1. The predicted octanol–water partition coefficient (Wildman–Crippen LogP) is 4.21. The van der Waals surface area contributed by atoms with E-state index in [1.807, 2.05) is 24.5 Å². The topological polar surface area (TPSA) is 45.2 Å². The van der Waals surface area contributed by atoms with E-state index in [9.17, 15) is 4.79 Å². The summed E-state index contributed by atoms with van der Waals surface area (Å²) in [5, 5.41) is 3.09. The predicted molar refractivity (Wildman–Crippen MR) is 120 cm³/mol. The van der Waals surface area contributed by atoms with Crippen molar-refractivity contribution >= 4 is 11.6 Å². The number of nitrogens with one attached hydrogen (secondary N) is 1. The second-order valence-corrected chi connectivity index (χ2v) is 8.66. The molecule has 5 rings (SSSR count). The highest BCUT2D eigenvalue weighted by Crippen LogP contribution is 2.42. The number of fused-ring (bicyclic) bond motifs is 1. The molecule has 1 fully saturated rings. The molecule has 2 unspecified atom stereocenters. The van der Waals surface area contributed by atoms with Crippen molar-refractivity contribution in [3.63, 3.8) is 0 Å². The first-order valence-electron chi connectivity index (χ1n) is 10.8. The van der Waals surface area contributed by atoms with E-state index in [2.05, 4.69) is 70.7 Å². The van der Waals surface area contributed by atoms with Gasteiger partial charge in [-0.15, -0.1) is 0 Å². The Balaban J connectivity index is 1.53. The second kappa shape index (κ2) is 7.60. The van der Waals surface area contributed by atoms with Gasteiger partial charge in [0.2, 0.25) is 5.91 Å². The van der Waals surface area contributed by atoms with Crippen LogP contribution in [-0.2, 0) is 23.2 Å². The van der Waals surface area contributed by atoms with Crippen LogP contribution in [0.25, 0.3) is 0 Å². The van der Waals surface area contributed by atoms with Gasteiger partial charge in [-0.25, -0.2) is 0 Å². The Hall–Kier alpha value is -3.14. The fourth-order valence-electron chi connectivity index (χ4n) is 5.08. The number of amides is 1. The molecule has 1 amide bonds. The van der Waals surface area contributed by atoms with E-state index < -0.39 is 5.41 Å². The summed E-state index contributed by atoms with van der Waals surface area (Å²) in [4.78, 5) is 19.7. The van der Waals surface area contributed by atoms with Crippen LogP contribution in [-0.4, -0.2) is 24.0 Å². The minimum Gasteiger partial charge on any atom is -0.366 e. The fraction of sp³-hybridized carbons (Fsp3) is 0.308. The summed E-state index contributed by atoms with van der Waals surface area (Å²) in [6, 6.07) is 21.4. The molecule has 4 heteroatoms. The van der Waals surface area contributed by atoms with Gasteiger partial charge in [0.15, 0.2) is 0 Å². The van der Waals surface area contributed by atoms with Crippen molar-refractivity contribution in [1.82, 2.24) is 10.3 Å². The van der Waals surface area contributed by atoms with Gasteiger partial charge in [-0.2, -0.15) is 0 Å². The highest BCUT2D eigenvalue weighted by molar-refractivity contribution is 5.91. The molecule has 3 heterocycles. The Morgan fingerprint density at radius 3 is 2.60 bits per heavy atom. The second-order valence-electron chi connectivity index (χ2n) is 8.66. The lowest BCUT2D eigenvalue weighted by Crippen LogP contribution is -2.37. The monoisotopic (exact) mass is 397 g/mol. The van der Waals surface area contributed by atoms with Crippen molar-refractivity contribution in [2.75, 3.05) is 18.0 Å². The Kier molecular flexibility index (Phi) is 4.78. The van der Waals surface area contributed by atoms with E-state index in [1.165, 1.54) is 16.8 Å². The lowest BCUT2D eigenvalue weighted by Gasteiger charge is -2.29. The van der Waals surface area contributed by atoms with Gasteiger partial charge in [0.25, 0.3) is 0 Å². The van der Waals surface area contributed by atoms with Crippen LogP contribution >= 0.6 is 0 Å². The molecule has 0 radical (unpaired) electrons. The normalized spacial score (nSPS) is 22.8. The Labute approximate surface area is 178 Å². The van der Waals surface area contributed by atoms with E-state index in [4.69, 9.17) is 0 Å². The van der Waals surface area contributed by atoms with Crippen molar-refractivity contribution in [1.29, 1.82) is 0 Å². The lowest BCUT2D eigenvalue weighted by molar-refractivity contribution is -0.124. The first kappa shape index (κ1) is 18.9. The van der Waals surface area contributed by atoms with Gasteiger partial charge in [0.1, 0.15) is 0 Å². The highest BCUT2D eigenvalue weighted by atomic mass is 16.2. The molecule has 1 N–H and O–H groups in total. The third-order valence-electron chi connectivity index (χ3n) is 6.69. The van der Waals surface area contributed by atoms with Crippen molar-refractivity contribution in [2.45, 2.75) is 37.6 Å². The number of benzene rings is 2. The molecule has 30 heavy (non-hydrogen) atoms. The van der Waals surface area contributed by atoms with Crippen LogP contribution in [0.4, 0.5) is 5.69 Å². The molecule has 1 saturated heterocycles. The number of aromatic nitrogens is 1. The highest BCUT2D eigenvalue weighted by Gasteiger charge is 2.44. The minimum absolute atomic E-state index is 0.139. The Morgan fingerprint density at radius 2 is 1.87 bits per heavy atom. The van der Waals surface area contributed by atoms with Gasteiger partial charge >= 0.3 is 0 Å². The number of carbonyl (C=O) groups excluding carboxylic acids is 1. The third-order valence-corrected chi connectivity index (χ3v) is 6.69. The summed E-state index contributed by atoms with van der Waals surface area (Å²) >= 11 is 0. The molecule has 2 aliphatic heterocycles. The van der Waals surface area contributed by atoms with E-state index in [0.717, 1.165) is 37.2 Å². The zero-order valence-electron chi connectivity index (χ0n) is 17.3. The summed E-state index contributed by atoms with van der Waals surface area (Å²) in [7, 11) is 0. The summed E-state index contributed by atoms with van der Waals surface area (Å²) < 4.78 is 0. The maximum atomic E-state index is 13.1. The van der Waals surface area contributed by atoms with Gasteiger partial charge in [-0.05, 0) is 53.3 Å². The maximum Gasteiger partial charge on any atom is 0.231 e. The zero-order valence-corrected chi connectivity index (χ0v) is 17.3. The number of anilines is 1. The number of rotatable bonds is 5. The summed E-state index contributed by atoms with van der Waals surface area (Å²) in [5.74, 6) is 0.631. The molecule has 0 saturated carbocycles. The van der Waals surface area contributed by atoms with Gasteiger partial charge in [-0.1, -0.05) is 49.4 Å². The molecule has 2 aliphatic rings. The Morgan fingerprint density at radius 1 is 1.07 bits per heavy atom. The molecule has 3 aromatic rings. The van der Waals surface area contributed by atoms with Gasteiger partial charge in [0.05, 0.1) is 5.41 Å². The smallest absolute Gasteiger partial charge is 0.231 e. The lowest BCUT2D eigenvalue weighted by atomic mass is 9.74.